The molecule has 0 unspecified atom stereocenters. The molecule has 1 fully saturated rings. The number of nitriles is 2. The van der Waals surface area contributed by atoms with Crippen LogP contribution in [0.4, 0.5) is 11.4 Å². The molecule has 1 aliphatic rings. The predicted octanol–water partition coefficient (Wildman–Crippen LogP) is 5.72. The summed E-state index contributed by atoms with van der Waals surface area (Å²) in [4.78, 5) is 24.7. The minimum atomic E-state index is -0.177. The highest BCUT2D eigenvalue weighted by atomic mass is 32.1. The number of nitrogens with zero attached hydrogens (tertiary/aromatic N) is 7. The average Bonchev–Trinajstić information content (AvgIpc) is 3.59. The van der Waals surface area contributed by atoms with Gasteiger partial charge in [0, 0.05) is 62.4 Å². The lowest BCUT2D eigenvalue weighted by Gasteiger charge is -2.37. The van der Waals surface area contributed by atoms with Crippen LogP contribution in [0, 0.1) is 22.7 Å². The van der Waals surface area contributed by atoms with Crippen LogP contribution in [0.2, 0.25) is 0 Å². The topological polar surface area (TPSA) is 104 Å². The van der Waals surface area contributed by atoms with Crippen molar-refractivity contribution in [3.63, 3.8) is 0 Å². The van der Waals surface area contributed by atoms with Crippen molar-refractivity contribution in [2.24, 2.45) is 0 Å². The number of aromatic nitrogens is 2. The summed E-state index contributed by atoms with van der Waals surface area (Å²) in [7, 11) is 0. The van der Waals surface area contributed by atoms with E-state index in [1.165, 1.54) is 5.56 Å². The molecule has 5 aromatic rings. The van der Waals surface area contributed by atoms with Crippen LogP contribution in [0.15, 0.2) is 116 Å². The van der Waals surface area contributed by atoms with Crippen LogP contribution in [0.5, 0.6) is 0 Å². The maximum absolute atomic E-state index is 14.0. The van der Waals surface area contributed by atoms with Crippen LogP contribution in [0.25, 0.3) is 0 Å². The number of piperazine rings is 1. The van der Waals surface area contributed by atoms with Crippen molar-refractivity contribution in [3.05, 3.63) is 149 Å². The summed E-state index contributed by atoms with van der Waals surface area (Å²) < 4.78 is 2.01. The lowest BCUT2D eigenvalue weighted by atomic mass is 10.1. The third kappa shape index (κ3) is 7.69. The number of benzene rings is 4. The van der Waals surface area contributed by atoms with Gasteiger partial charge in [0.15, 0.2) is 5.11 Å². The molecule has 1 amide bonds. The minimum absolute atomic E-state index is 0.177. The van der Waals surface area contributed by atoms with Crippen molar-refractivity contribution in [2.45, 2.75) is 19.6 Å². The Hall–Kier alpha value is -5.97. The Balaban J connectivity index is 1.16. The number of nitrogens with one attached hydrogen (secondary N) is 1. The van der Waals surface area contributed by atoms with E-state index in [-0.39, 0.29) is 5.91 Å². The van der Waals surface area contributed by atoms with Crippen LogP contribution < -0.4 is 15.1 Å². The third-order valence-electron chi connectivity index (χ3n) is 8.44. The van der Waals surface area contributed by atoms with Crippen molar-refractivity contribution in [1.29, 1.82) is 10.5 Å². The van der Waals surface area contributed by atoms with Crippen LogP contribution >= 0.6 is 12.2 Å². The number of amides is 1. The number of hydrogen-bond donors (Lipinski definition) is 1. The van der Waals surface area contributed by atoms with Crippen molar-refractivity contribution in [3.8, 4) is 12.1 Å². The second-order valence-corrected chi connectivity index (χ2v) is 11.9. The number of rotatable bonds is 9. The first-order chi connectivity index (χ1) is 23.5. The van der Waals surface area contributed by atoms with Gasteiger partial charge in [-0.2, -0.15) is 10.5 Å². The zero-order valence-electron chi connectivity index (χ0n) is 26.4. The van der Waals surface area contributed by atoms with Gasteiger partial charge in [-0.25, -0.2) is 4.98 Å². The summed E-state index contributed by atoms with van der Waals surface area (Å²) in [6.07, 6.45) is 3.53. The summed E-state index contributed by atoms with van der Waals surface area (Å²) in [5, 5.41) is 22.6. The van der Waals surface area contributed by atoms with E-state index < -0.39 is 0 Å². The molecule has 0 bridgehead atoms. The molecule has 0 atom stereocenters. The zero-order chi connectivity index (χ0) is 33.3. The molecule has 6 rings (SSSR count). The molecule has 1 saturated heterocycles. The Morgan fingerprint density at radius 2 is 1.46 bits per heavy atom. The van der Waals surface area contributed by atoms with Gasteiger partial charge in [-0.05, 0) is 84.0 Å². The van der Waals surface area contributed by atoms with Gasteiger partial charge >= 0.3 is 0 Å². The summed E-state index contributed by atoms with van der Waals surface area (Å²) >= 11 is 5.68. The van der Waals surface area contributed by atoms with Crippen LogP contribution in [-0.4, -0.2) is 51.6 Å². The Labute approximate surface area is 285 Å². The van der Waals surface area contributed by atoms with Gasteiger partial charge in [-0.15, -0.1) is 0 Å². The number of imidazole rings is 1. The van der Waals surface area contributed by atoms with E-state index in [0.717, 1.165) is 53.9 Å². The second-order valence-electron chi connectivity index (χ2n) is 11.5. The standard InChI is InChI=1S/C38H34N8OS/c39-22-29-6-8-32(9-7-29)26-45-28-41-25-36(45)27-46(37(47)33-12-10-30(23-40)11-13-33)35-16-14-34(15-17-35)43-18-20-44(21-19-43)38(48)42-24-31-4-2-1-3-5-31/h1-17,25,28H,18-21,24,26-27H2,(H,42,48). The first-order valence-electron chi connectivity index (χ1n) is 15.7. The second kappa shape index (κ2) is 15.1. The number of anilines is 2. The minimum Gasteiger partial charge on any atom is -0.368 e. The van der Waals surface area contributed by atoms with Crippen molar-refractivity contribution >= 4 is 34.6 Å². The van der Waals surface area contributed by atoms with E-state index in [0.29, 0.717) is 36.3 Å². The van der Waals surface area contributed by atoms with E-state index in [4.69, 9.17) is 17.5 Å². The molecule has 0 spiro atoms. The summed E-state index contributed by atoms with van der Waals surface area (Å²) in [5.41, 5.74) is 6.51. The molecule has 48 heavy (non-hydrogen) atoms. The molecule has 1 aliphatic heterocycles. The molecule has 0 aliphatic carbocycles. The number of carbonyl (C=O) groups excluding carboxylic acids is 1. The number of thiocarbonyl (C=S) groups is 1. The third-order valence-corrected chi connectivity index (χ3v) is 8.84. The Morgan fingerprint density at radius 1 is 0.812 bits per heavy atom. The van der Waals surface area contributed by atoms with Crippen molar-refractivity contribution in [1.82, 2.24) is 19.8 Å². The van der Waals surface area contributed by atoms with Gasteiger partial charge in [-0.3, -0.25) is 4.79 Å². The summed E-state index contributed by atoms with van der Waals surface area (Å²) in [6, 6.07) is 36.7. The molecule has 2 heterocycles. The largest absolute Gasteiger partial charge is 0.368 e. The van der Waals surface area contributed by atoms with E-state index in [9.17, 15) is 10.1 Å². The Kier molecular flexibility index (Phi) is 10.0. The molecular weight excluding hydrogens is 617 g/mol. The lowest BCUT2D eigenvalue weighted by molar-refractivity contribution is 0.0984. The monoisotopic (exact) mass is 650 g/mol. The molecule has 1 aromatic heterocycles. The highest BCUT2D eigenvalue weighted by Crippen LogP contribution is 2.26. The first kappa shape index (κ1) is 32.0. The van der Waals surface area contributed by atoms with Crippen LogP contribution in [0.1, 0.15) is 38.3 Å². The van der Waals surface area contributed by atoms with Crippen molar-refractivity contribution < 1.29 is 4.79 Å². The lowest BCUT2D eigenvalue weighted by Crippen LogP contribution is -2.51. The van der Waals surface area contributed by atoms with Gasteiger partial charge in [0.25, 0.3) is 5.91 Å². The fourth-order valence-electron chi connectivity index (χ4n) is 5.69. The van der Waals surface area contributed by atoms with Crippen LogP contribution in [0.3, 0.4) is 0 Å². The molecular formula is C38H34N8OS. The first-order valence-corrected chi connectivity index (χ1v) is 16.1. The maximum atomic E-state index is 14.0. The van der Waals surface area contributed by atoms with Gasteiger partial charge in [-0.1, -0.05) is 42.5 Å². The van der Waals surface area contributed by atoms with Gasteiger partial charge < -0.3 is 24.6 Å². The fourth-order valence-corrected chi connectivity index (χ4v) is 5.94. The van der Waals surface area contributed by atoms with Gasteiger partial charge in [0.1, 0.15) is 0 Å². The van der Waals surface area contributed by atoms with E-state index in [1.807, 2.05) is 47.0 Å². The average molecular weight is 651 g/mol. The predicted molar refractivity (Wildman–Crippen MR) is 190 cm³/mol. The fraction of sp³-hybridized carbons (Fsp3) is 0.184. The number of carbonyl (C=O) groups is 1. The molecule has 1 N–H and O–H groups in total. The molecule has 238 valence electrons. The van der Waals surface area contributed by atoms with Gasteiger partial charge in [0.05, 0.1) is 41.8 Å². The zero-order valence-corrected chi connectivity index (χ0v) is 27.2. The quantitative estimate of drug-likeness (QED) is 0.202. The Morgan fingerprint density at radius 3 is 2.10 bits per heavy atom. The highest BCUT2D eigenvalue weighted by Gasteiger charge is 2.22. The highest BCUT2D eigenvalue weighted by molar-refractivity contribution is 7.80. The molecule has 10 heteroatoms. The van der Waals surface area contributed by atoms with Crippen molar-refractivity contribution in [2.75, 3.05) is 36.0 Å². The SMILES string of the molecule is N#Cc1ccc(Cn2cncc2CN(C(=O)c2ccc(C#N)cc2)c2ccc(N3CCN(C(=S)NCc4ccccc4)CC3)cc2)cc1. The summed E-state index contributed by atoms with van der Waals surface area (Å²) in [6.45, 7) is 4.83. The molecule has 9 nitrogen and oxygen atoms in total. The van der Waals surface area contributed by atoms with Gasteiger partial charge in [0.2, 0.25) is 0 Å². The molecule has 4 aromatic carbocycles. The van der Waals surface area contributed by atoms with E-state index in [1.54, 1.807) is 53.8 Å². The molecule has 0 saturated carbocycles. The normalized spacial score (nSPS) is 12.5. The maximum Gasteiger partial charge on any atom is 0.258 e. The number of hydrogen-bond acceptors (Lipinski definition) is 6. The Bertz CT molecular complexity index is 1930. The summed E-state index contributed by atoms with van der Waals surface area (Å²) in [5.74, 6) is -0.177. The van der Waals surface area contributed by atoms with Crippen LogP contribution in [-0.2, 0) is 19.6 Å². The smallest absolute Gasteiger partial charge is 0.258 e. The van der Waals surface area contributed by atoms with E-state index >= 15 is 0 Å². The molecule has 0 radical (unpaired) electrons. The van der Waals surface area contributed by atoms with E-state index in [2.05, 4.69) is 56.5 Å².